The lowest BCUT2D eigenvalue weighted by Crippen LogP contribution is -2.50. The Bertz CT molecular complexity index is 1370. The van der Waals surface area contributed by atoms with Gasteiger partial charge in [-0.2, -0.15) is 0 Å². The van der Waals surface area contributed by atoms with Gasteiger partial charge in [0, 0.05) is 55.2 Å². The normalized spacial score (nSPS) is 13.5. The maximum Gasteiger partial charge on any atom is 0.318 e. The molecule has 2 N–H and O–H groups in total. The quantitative estimate of drug-likeness (QED) is 0.430. The lowest BCUT2D eigenvalue weighted by atomic mass is 10.1. The first-order chi connectivity index (χ1) is 19.5. The SMILES string of the molecule is CC(C)(C)NC(=O)N(CC(=O)Nc1ccc(N2CCN(C(=O)c3cccc(F)c3)CC2)cc1)Cc1ccc(F)cc1. The van der Waals surface area contributed by atoms with Crippen LogP contribution in [0.1, 0.15) is 36.7 Å². The maximum atomic E-state index is 13.5. The van der Waals surface area contributed by atoms with E-state index in [0.717, 1.165) is 5.69 Å². The number of benzene rings is 3. The number of piperazine rings is 1. The summed E-state index contributed by atoms with van der Waals surface area (Å²) in [5.41, 5.74) is 2.07. The minimum absolute atomic E-state index is 0.141. The molecule has 41 heavy (non-hydrogen) atoms. The highest BCUT2D eigenvalue weighted by molar-refractivity contribution is 5.95. The molecule has 0 saturated carbocycles. The van der Waals surface area contributed by atoms with Crippen LogP contribution in [0, 0.1) is 11.6 Å². The number of halogens is 2. The molecular formula is C31H35F2N5O3. The van der Waals surface area contributed by atoms with Gasteiger partial charge in [0.15, 0.2) is 0 Å². The van der Waals surface area contributed by atoms with Gasteiger partial charge in [-0.05, 0) is 80.9 Å². The smallest absolute Gasteiger partial charge is 0.318 e. The van der Waals surface area contributed by atoms with Crippen LogP contribution in [-0.2, 0) is 11.3 Å². The molecule has 216 valence electrons. The molecule has 8 nitrogen and oxygen atoms in total. The van der Waals surface area contributed by atoms with Crippen molar-refractivity contribution in [3.05, 3.63) is 95.6 Å². The second-order valence-electron chi connectivity index (χ2n) is 11.0. The molecular weight excluding hydrogens is 528 g/mol. The van der Waals surface area contributed by atoms with Crippen LogP contribution in [0.15, 0.2) is 72.8 Å². The van der Waals surface area contributed by atoms with Crippen molar-refractivity contribution in [2.45, 2.75) is 32.9 Å². The first-order valence-electron chi connectivity index (χ1n) is 13.5. The van der Waals surface area contributed by atoms with Crippen molar-refractivity contribution in [3.63, 3.8) is 0 Å². The third kappa shape index (κ3) is 8.51. The number of urea groups is 1. The first-order valence-corrected chi connectivity index (χ1v) is 13.5. The fourth-order valence-electron chi connectivity index (χ4n) is 4.51. The molecule has 1 aliphatic heterocycles. The summed E-state index contributed by atoms with van der Waals surface area (Å²) in [4.78, 5) is 43.8. The van der Waals surface area contributed by atoms with Crippen LogP contribution in [0.2, 0.25) is 0 Å². The van der Waals surface area contributed by atoms with Gasteiger partial charge in [-0.25, -0.2) is 13.6 Å². The van der Waals surface area contributed by atoms with Gasteiger partial charge in [0.2, 0.25) is 5.91 Å². The summed E-state index contributed by atoms with van der Waals surface area (Å²) in [6.45, 7) is 7.76. The lowest BCUT2D eigenvalue weighted by Gasteiger charge is -2.36. The molecule has 1 aliphatic rings. The number of carbonyl (C=O) groups is 3. The second kappa shape index (κ2) is 12.8. The Kier molecular flexibility index (Phi) is 9.21. The molecule has 1 fully saturated rings. The minimum atomic E-state index is -0.497. The van der Waals surface area contributed by atoms with Crippen molar-refractivity contribution in [1.82, 2.24) is 15.1 Å². The number of nitrogens with zero attached hydrogens (tertiary/aromatic N) is 3. The molecule has 0 spiro atoms. The van der Waals surface area contributed by atoms with E-state index in [1.54, 1.807) is 35.2 Å². The molecule has 0 aromatic heterocycles. The molecule has 4 rings (SSSR count). The van der Waals surface area contributed by atoms with Crippen molar-refractivity contribution in [3.8, 4) is 0 Å². The maximum absolute atomic E-state index is 13.5. The zero-order chi connectivity index (χ0) is 29.6. The Morgan fingerprint density at radius 3 is 2.12 bits per heavy atom. The number of carbonyl (C=O) groups excluding carboxylic acids is 3. The lowest BCUT2D eigenvalue weighted by molar-refractivity contribution is -0.116. The highest BCUT2D eigenvalue weighted by Gasteiger charge is 2.24. The second-order valence-corrected chi connectivity index (χ2v) is 11.0. The number of rotatable bonds is 7. The van der Waals surface area contributed by atoms with Gasteiger partial charge in [0.1, 0.15) is 18.2 Å². The molecule has 0 bridgehead atoms. The number of anilines is 2. The van der Waals surface area contributed by atoms with Gasteiger partial charge in [-0.3, -0.25) is 9.59 Å². The Morgan fingerprint density at radius 2 is 1.51 bits per heavy atom. The van der Waals surface area contributed by atoms with E-state index < -0.39 is 17.4 Å². The van der Waals surface area contributed by atoms with Crippen LogP contribution >= 0.6 is 0 Å². The Balaban J connectivity index is 1.33. The topological polar surface area (TPSA) is 85.0 Å². The summed E-state index contributed by atoms with van der Waals surface area (Å²) in [7, 11) is 0. The van der Waals surface area contributed by atoms with Crippen molar-refractivity contribution in [1.29, 1.82) is 0 Å². The Labute approximate surface area is 238 Å². The van der Waals surface area contributed by atoms with E-state index in [0.29, 0.717) is 43.0 Å². The molecule has 0 unspecified atom stereocenters. The van der Waals surface area contributed by atoms with E-state index in [1.165, 1.54) is 35.2 Å². The van der Waals surface area contributed by atoms with Gasteiger partial charge in [0.05, 0.1) is 0 Å². The van der Waals surface area contributed by atoms with Gasteiger partial charge >= 0.3 is 6.03 Å². The minimum Gasteiger partial charge on any atom is -0.368 e. The van der Waals surface area contributed by atoms with Crippen molar-refractivity contribution in [2.24, 2.45) is 0 Å². The van der Waals surface area contributed by atoms with E-state index in [4.69, 9.17) is 0 Å². The largest absolute Gasteiger partial charge is 0.368 e. The molecule has 10 heteroatoms. The Morgan fingerprint density at radius 1 is 0.854 bits per heavy atom. The average molecular weight is 564 g/mol. The number of hydrogen-bond donors (Lipinski definition) is 2. The highest BCUT2D eigenvalue weighted by atomic mass is 19.1. The summed E-state index contributed by atoms with van der Waals surface area (Å²) in [5, 5.41) is 5.71. The van der Waals surface area contributed by atoms with Crippen LogP contribution in [0.4, 0.5) is 25.0 Å². The van der Waals surface area contributed by atoms with Crippen molar-refractivity contribution < 1.29 is 23.2 Å². The van der Waals surface area contributed by atoms with E-state index in [-0.39, 0.29) is 30.7 Å². The number of amides is 4. The van der Waals surface area contributed by atoms with Gasteiger partial charge in [-0.15, -0.1) is 0 Å². The van der Waals surface area contributed by atoms with Crippen LogP contribution < -0.4 is 15.5 Å². The summed E-state index contributed by atoms with van der Waals surface area (Å²) < 4.78 is 26.9. The van der Waals surface area contributed by atoms with Gasteiger partial charge < -0.3 is 25.3 Å². The van der Waals surface area contributed by atoms with E-state index in [1.807, 2.05) is 32.9 Å². The fraction of sp³-hybridized carbons (Fsp3) is 0.323. The van der Waals surface area contributed by atoms with Crippen LogP contribution in [-0.4, -0.2) is 65.9 Å². The molecule has 4 amide bonds. The number of hydrogen-bond acceptors (Lipinski definition) is 4. The standard InChI is InChI=1S/C31H35F2N5O3/c1-31(2,3)35-30(41)38(20-22-7-9-24(32)10-8-22)21-28(39)34-26-11-13-27(14-12-26)36-15-17-37(18-16-36)29(40)23-5-4-6-25(33)19-23/h4-14,19H,15-18,20-21H2,1-3H3,(H,34,39)(H,35,41). The van der Waals surface area contributed by atoms with Gasteiger partial charge in [0.25, 0.3) is 5.91 Å². The first kappa shape index (κ1) is 29.5. The molecule has 0 atom stereocenters. The highest BCUT2D eigenvalue weighted by Crippen LogP contribution is 2.21. The van der Waals surface area contributed by atoms with E-state index in [2.05, 4.69) is 15.5 Å². The average Bonchev–Trinajstić information content (AvgIpc) is 2.93. The van der Waals surface area contributed by atoms with Crippen LogP contribution in [0.5, 0.6) is 0 Å². The summed E-state index contributed by atoms with van der Waals surface area (Å²) in [6, 6.07) is 18.5. The predicted molar refractivity (Wildman–Crippen MR) is 155 cm³/mol. The van der Waals surface area contributed by atoms with Gasteiger partial charge in [-0.1, -0.05) is 18.2 Å². The summed E-state index contributed by atoms with van der Waals surface area (Å²) in [6.07, 6.45) is 0. The molecule has 1 saturated heterocycles. The molecule has 0 aliphatic carbocycles. The van der Waals surface area contributed by atoms with E-state index in [9.17, 15) is 23.2 Å². The third-order valence-corrected chi connectivity index (χ3v) is 6.54. The molecule has 3 aromatic rings. The number of nitrogens with one attached hydrogen (secondary N) is 2. The van der Waals surface area contributed by atoms with Crippen LogP contribution in [0.25, 0.3) is 0 Å². The van der Waals surface area contributed by atoms with E-state index >= 15 is 0 Å². The fourth-order valence-corrected chi connectivity index (χ4v) is 4.51. The monoisotopic (exact) mass is 563 g/mol. The predicted octanol–water partition coefficient (Wildman–Crippen LogP) is 4.88. The van der Waals surface area contributed by atoms with Crippen molar-refractivity contribution in [2.75, 3.05) is 42.9 Å². The molecule has 0 radical (unpaired) electrons. The zero-order valence-corrected chi connectivity index (χ0v) is 23.5. The Hall–Kier alpha value is -4.47. The molecule has 1 heterocycles. The molecule has 3 aromatic carbocycles. The van der Waals surface area contributed by atoms with Crippen LogP contribution in [0.3, 0.4) is 0 Å². The third-order valence-electron chi connectivity index (χ3n) is 6.54. The zero-order valence-electron chi connectivity index (χ0n) is 23.5. The summed E-state index contributed by atoms with van der Waals surface area (Å²) >= 11 is 0. The van der Waals surface area contributed by atoms with Crippen molar-refractivity contribution >= 4 is 29.2 Å². The summed E-state index contributed by atoms with van der Waals surface area (Å²) in [5.74, 6) is -1.37.